The smallest absolute Gasteiger partial charge is 0.415 e. The average Bonchev–Trinajstić information content (AvgIpc) is 2.65. The first kappa shape index (κ1) is 21.5. The molecule has 142 valence electrons. The molecule has 5 nitrogen and oxygen atoms in total. The monoisotopic (exact) mass is 359 g/mol. The van der Waals surface area contributed by atoms with Gasteiger partial charge in [-0.25, -0.2) is 4.79 Å². The van der Waals surface area contributed by atoms with E-state index in [1.807, 2.05) is 57.2 Å². The van der Waals surface area contributed by atoms with E-state index in [0.717, 1.165) is 22.5 Å². The van der Waals surface area contributed by atoms with E-state index >= 15 is 0 Å². The maximum absolute atomic E-state index is 12.5. The number of hydrogen-bond donors (Lipinski definition) is 0. The highest BCUT2D eigenvalue weighted by molar-refractivity contribution is 5.93. The summed E-state index contributed by atoms with van der Waals surface area (Å²) in [7, 11) is 2.69. The van der Waals surface area contributed by atoms with Gasteiger partial charge in [-0.05, 0) is 30.9 Å². The molecule has 1 rings (SSSR count). The van der Waals surface area contributed by atoms with Gasteiger partial charge in [-0.2, -0.15) is 0 Å². The summed E-state index contributed by atoms with van der Waals surface area (Å²) < 4.78 is 10.3. The summed E-state index contributed by atoms with van der Waals surface area (Å²) in [5, 5.41) is 0. The fourth-order valence-corrected chi connectivity index (χ4v) is 2.93. The SMILES string of the molecule is C=C(C=C(C)C(CC)C(C)C(=O)N(C)C(=O)OC)OCc1ccccc1. The number of hydrogen-bond acceptors (Lipinski definition) is 4. The van der Waals surface area contributed by atoms with Crippen LogP contribution >= 0.6 is 0 Å². The Balaban J connectivity index is 2.74. The molecule has 1 aromatic rings. The minimum atomic E-state index is -0.658. The number of methoxy groups -OCH3 is 1. The van der Waals surface area contributed by atoms with E-state index in [4.69, 9.17) is 4.74 Å². The first-order valence-electron chi connectivity index (χ1n) is 8.71. The van der Waals surface area contributed by atoms with E-state index < -0.39 is 6.09 Å². The van der Waals surface area contributed by atoms with Crippen molar-refractivity contribution < 1.29 is 19.1 Å². The van der Waals surface area contributed by atoms with Crippen LogP contribution < -0.4 is 0 Å². The zero-order chi connectivity index (χ0) is 19.7. The highest BCUT2D eigenvalue weighted by Gasteiger charge is 2.29. The van der Waals surface area contributed by atoms with Gasteiger partial charge in [0.1, 0.15) is 12.4 Å². The summed E-state index contributed by atoms with van der Waals surface area (Å²) >= 11 is 0. The number of carbonyl (C=O) groups excluding carboxylic acids is 2. The topological polar surface area (TPSA) is 55.8 Å². The van der Waals surface area contributed by atoms with Gasteiger partial charge in [0.2, 0.25) is 5.91 Å². The van der Waals surface area contributed by atoms with Crippen molar-refractivity contribution >= 4 is 12.0 Å². The number of allylic oxidation sites excluding steroid dienone is 2. The van der Waals surface area contributed by atoms with Crippen LogP contribution in [0.5, 0.6) is 0 Å². The molecule has 0 N–H and O–H groups in total. The number of nitrogens with zero attached hydrogens (tertiary/aromatic N) is 1. The summed E-state index contributed by atoms with van der Waals surface area (Å²) in [6, 6.07) is 9.85. The Morgan fingerprint density at radius 1 is 1.27 bits per heavy atom. The lowest BCUT2D eigenvalue weighted by Crippen LogP contribution is -2.39. The summed E-state index contributed by atoms with van der Waals surface area (Å²) in [6.07, 6.45) is 1.96. The summed E-state index contributed by atoms with van der Waals surface area (Å²) in [5.41, 5.74) is 2.06. The second-order valence-electron chi connectivity index (χ2n) is 6.30. The number of benzene rings is 1. The second kappa shape index (κ2) is 10.4. The van der Waals surface area contributed by atoms with Crippen LogP contribution in [0.25, 0.3) is 0 Å². The molecule has 2 amide bonds. The molecule has 0 saturated carbocycles. The molecule has 0 aromatic heterocycles. The maximum atomic E-state index is 12.5. The lowest BCUT2D eigenvalue weighted by Gasteiger charge is -2.26. The third kappa shape index (κ3) is 6.06. The number of carbonyl (C=O) groups is 2. The van der Waals surface area contributed by atoms with Crippen LogP contribution in [-0.4, -0.2) is 31.1 Å². The van der Waals surface area contributed by atoms with Crippen molar-refractivity contribution in [2.24, 2.45) is 11.8 Å². The predicted octanol–water partition coefficient (Wildman–Crippen LogP) is 4.55. The number of imide groups is 1. The van der Waals surface area contributed by atoms with Crippen molar-refractivity contribution in [2.75, 3.05) is 14.2 Å². The number of ether oxygens (including phenoxy) is 2. The standard InChI is InChI=1S/C21H29NO4/c1-7-19(17(4)20(23)22(5)21(24)25-6)15(2)13-16(3)26-14-18-11-9-8-10-12-18/h8-13,17,19H,3,7,14H2,1-2,4-6H3. The fourth-order valence-electron chi connectivity index (χ4n) is 2.93. The van der Waals surface area contributed by atoms with Gasteiger partial charge in [0.25, 0.3) is 0 Å². The molecular formula is C21H29NO4. The Kier molecular flexibility index (Phi) is 8.62. The molecule has 2 unspecified atom stereocenters. The van der Waals surface area contributed by atoms with Crippen LogP contribution in [0.4, 0.5) is 4.79 Å². The average molecular weight is 359 g/mol. The molecule has 0 bridgehead atoms. The van der Waals surface area contributed by atoms with Crippen LogP contribution in [0.1, 0.15) is 32.8 Å². The Hall–Kier alpha value is -2.56. The molecule has 0 aliphatic rings. The summed E-state index contributed by atoms with van der Waals surface area (Å²) in [6.45, 7) is 10.2. The minimum Gasteiger partial charge on any atom is -0.490 e. The molecule has 1 aromatic carbocycles. The lowest BCUT2D eigenvalue weighted by molar-refractivity contribution is -0.133. The second-order valence-corrected chi connectivity index (χ2v) is 6.30. The van der Waals surface area contributed by atoms with Crippen molar-refractivity contribution in [3.8, 4) is 0 Å². The molecule has 0 saturated heterocycles. The molecule has 5 heteroatoms. The molecule has 0 spiro atoms. The van der Waals surface area contributed by atoms with Crippen molar-refractivity contribution in [1.29, 1.82) is 0 Å². The van der Waals surface area contributed by atoms with Gasteiger partial charge < -0.3 is 9.47 Å². The van der Waals surface area contributed by atoms with E-state index in [0.29, 0.717) is 12.4 Å². The first-order chi connectivity index (χ1) is 12.3. The Bertz CT molecular complexity index is 651. The van der Waals surface area contributed by atoms with Crippen molar-refractivity contribution in [2.45, 2.75) is 33.8 Å². The van der Waals surface area contributed by atoms with E-state index in [9.17, 15) is 9.59 Å². The largest absolute Gasteiger partial charge is 0.490 e. The van der Waals surface area contributed by atoms with Crippen LogP contribution in [-0.2, 0) is 20.9 Å². The third-order valence-corrected chi connectivity index (χ3v) is 4.45. The zero-order valence-corrected chi connectivity index (χ0v) is 16.3. The van der Waals surface area contributed by atoms with Crippen molar-refractivity contribution in [1.82, 2.24) is 4.90 Å². The predicted molar refractivity (Wildman–Crippen MR) is 102 cm³/mol. The van der Waals surface area contributed by atoms with E-state index in [1.165, 1.54) is 14.2 Å². The first-order valence-corrected chi connectivity index (χ1v) is 8.71. The highest BCUT2D eigenvalue weighted by Crippen LogP contribution is 2.27. The molecule has 0 radical (unpaired) electrons. The van der Waals surface area contributed by atoms with E-state index in [2.05, 4.69) is 11.3 Å². The number of rotatable bonds is 8. The van der Waals surface area contributed by atoms with Gasteiger partial charge in [0.15, 0.2) is 0 Å². The van der Waals surface area contributed by atoms with Gasteiger partial charge in [-0.1, -0.05) is 56.3 Å². The van der Waals surface area contributed by atoms with Gasteiger partial charge in [0.05, 0.1) is 7.11 Å². The van der Waals surface area contributed by atoms with Crippen LogP contribution in [0.15, 0.2) is 54.3 Å². The minimum absolute atomic E-state index is 0.0216. The Morgan fingerprint density at radius 3 is 2.42 bits per heavy atom. The van der Waals surface area contributed by atoms with Gasteiger partial charge >= 0.3 is 6.09 Å². The van der Waals surface area contributed by atoms with Crippen LogP contribution in [0.2, 0.25) is 0 Å². The van der Waals surface area contributed by atoms with Crippen molar-refractivity contribution in [3.05, 3.63) is 59.9 Å². The van der Waals surface area contributed by atoms with Crippen LogP contribution in [0.3, 0.4) is 0 Å². The molecule has 0 heterocycles. The molecule has 2 atom stereocenters. The molecule has 0 aliphatic heterocycles. The van der Waals surface area contributed by atoms with Crippen LogP contribution in [0, 0.1) is 11.8 Å². The molecule has 0 fully saturated rings. The van der Waals surface area contributed by atoms with Gasteiger partial charge in [0, 0.05) is 13.0 Å². The van der Waals surface area contributed by atoms with Gasteiger partial charge in [-0.15, -0.1) is 0 Å². The molecular weight excluding hydrogens is 330 g/mol. The van der Waals surface area contributed by atoms with Crippen molar-refractivity contribution in [3.63, 3.8) is 0 Å². The highest BCUT2D eigenvalue weighted by atomic mass is 16.5. The Morgan fingerprint density at radius 2 is 1.88 bits per heavy atom. The van der Waals surface area contributed by atoms with E-state index in [-0.39, 0.29) is 17.7 Å². The molecule has 0 aliphatic carbocycles. The fraction of sp³-hybridized carbons (Fsp3) is 0.429. The maximum Gasteiger partial charge on any atom is 0.415 e. The Labute approximate surface area is 156 Å². The summed E-state index contributed by atoms with van der Waals surface area (Å²) in [4.78, 5) is 25.1. The summed E-state index contributed by atoms with van der Waals surface area (Å²) in [5.74, 6) is -0.105. The third-order valence-electron chi connectivity index (χ3n) is 4.45. The number of amides is 2. The molecule has 26 heavy (non-hydrogen) atoms. The normalized spacial score (nSPS) is 13.5. The quantitative estimate of drug-likeness (QED) is 0.505. The van der Waals surface area contributed by atoms with Gasteiger partial charge in [-0.3, -0.25) is 9.69 Å². The lowest BCUT2D eigenvalue weighted by atomic mass is 9.84. The van der Waals surface area contributed by atoms with E-state index in [1.54, 1.807) is 0 Å². The zero-order valence-electron chi connectivity index (χ0n) is 16.3.